The Morgan fingerprint density at radius 3 is 2.55 bits per heavy atom. The van der Waals surface area contributed by atoms with E-state index in [1.54, 1.807) is 48.5 Å². The molecule has 0 aliphatic rings. The predicted molar refractivity (Wildman–Crippen MR) is 75.7 cm³/mol. The van der Waals surface area contributed by atoms with Gasteiger partial charge < -0.3 is 16.2 Å². The maximum absolute atomic E-state index is 11.1. The molecular weight excluding hydrogens is 256 g/mol. The van der Waals surface area contributed by atoms with Gasteiger partial charge in [-0.2, -0.15) is 0 Å². The smallest absolute Gasteiger partial charge is 0.336 e. The second-order valence-corrected chi connectivity index (χ2v) is 4.26. The van der Waals surface area contributed by atoms with Crippen LogP contribution in [0.4, 0.5) is 5.69 Å². The average Bonchev–Trinajstić information content (AvgIpc) is 2.45. The lowest BCUT2D eigenvalue weighted by atomic mass is 10.1. The van der Waals surface area contributed by atoms with Crippen molar-refractivity contribution in [1.82, 2.24) is 0 Å². The molecule has 2 aromatic carbocycles. The van der Waals surface area contributed by atoms with E-state index in [0.717, 1.165) is 0 Å². The molecule has 5 nitrogen and oxygen atoms in total. The number of amides is 1. The van der Waals surface area contributed by atoms with Gasteiger partial charge in [-0.3, -0.25) is 4.79 Å². The van der Waals surface area contributed by atoms with Gasteiger partial charge in [0, 0.05) is 17.8 Å². The maximum Gasteiger partial charge on any atom is 0.336 e. The van der Waals surface area contributed by atoms with Crippen LogP contribution in [-0.2, 0) is 6.54 Å². The molecule has 0 saturated carbocycles. The zero-order valence-corrected chi connectivity index (χ0v) is 10.7. The van der Waals surface area contributed by atoms with Gasteiger partial charge in [-0.05, 0) is 29.8 Å². The molecule has 0 aliphatic carbocycles. The summed E-state index contributed by atoms with van der Waals surface area (Å²) in [6.07, 6.45) is 0. The number of anilines is 1. The Balaban J connectivity index is 2.15. The van der Waals surface area contributed by atoms with Crippen LogP contribution in [-0.4, -0.2) is 17.0 Å². The van der Waals surface area contributed by atoms with Crippen LogP contribution in [0, 0.1) is 0 Å². The van der Waals surface area contributed by atoms with Gasteiger partial charge in [0.2, 0.25) is 5.91 Å². The summed E-state index contributed by atoms with van der Waals surface area (Å²) in [5, 5.41) is 12.2. The number of nitrogens with one attached hydrogen (secondary N) is 1. The third-order valence-corrected chi connectivity index (χ3v) is 2.88. The molecule has 0 radical (unpaired) electrons. The summed E-state index contributed by atoms with van der Waals surface area (Å²) in [4.78, 5) is 22.2. The molecule has 102 valence electrons. The largest absolute Gasteiger partial charge is 0.478 e. The first-order valence-corrected chi connectivity index (χ1v) is 6.03. The van der Waals surface area contributed by atoms with E-state index in [1.807, 2.05) is 0 Å². The second-order valence-electron chi connectivity index (χ2n) is 4.26. The first-order chi connectivity index (χ1) is 9.58. The zero-order chi connectivity index (χ0) is 14.5. The van der Waals surface area contributed by atoms with Crippen LogP contribution in [0.25, 0.3) is 0 Å². The van der Waals surface area contributed by atoms with Crippen LogP contribution < -0.4 is 11.1 Å². The molecule has 0 heterocycles. The standard InChI is InChI=1S/C15H14N2O3/c16-14(18)10-5-3-6-12(8-10)17-9-11-4-1-2-7-13(11)15(19)20/h1-8,17H,9H2,(H2,16,18)(H,19,20). The van der Waals surface area contributed by atoms with Crippen molar-refractivity contribution in [2.75, 3.05) is 5.32 Å². The SMILES string of the molecule is NC(=O)c1cccc(NCc2ccccc2C(=O)O)c1. The van der Waals surface area contributed by atoms with Gasteiger partial charge in [-0.1, -0.05) is 24.3 Å². The molecule has 0 atom stereocenters. The molecule has 0 aliphatic heterocycles. The highest BCUT2D eigenvalue weighted by Gasteiger charge is 2.08. The minimum Gasteiger partial charge on any atom is -0.478 e. The first kappa shape index (κ1) is 13.6. The number of benzene rings is 2. The number of primary amides is 1. The highest BCUT2D eigenvalue weighted by atomic mass is 16.4. The zero-order valence-electron chi connectivity index (χ0n) is 10.7. The van der Waals surface area contributed by atoms with Crippen LogP contribution >= 0.6 is 0 Å². The first-order valence-electron chi connectivity index (χ1n) is 6.03. The lowest BCUT2D eigenvalue weighted by Gasteiger charge is -2.09. The normalized spacial score (nSPS) is 10.0. The quantitative estimate of drug-likeness (QED) is 0.775. The lowest BCUT2D eigenvalue weighted by molar-refractivity contribution is 0.0695. The summed E-state index contributed by atoms with van der Waals surface area (Å²) < 4.78 is 0. The lowest BCUT2D eigenvalue weighted by Crippen LogP contribution is -2.11. The number of rotatable bonds is 5. The van der Waals surface area contributed by atoms with Gasteiger partial charge in [-0.25, -0.2) is 4.79 Å². The Morgan fingerprint density at radius 2 is 1.85 bits per heavy atom. The summed E-state index contributed by atoms with van der Waals surface area (Å²) in [5.74, 6) is -1.46. The molecule has 2 rings (SSSR count). The van der Waals surface area contributed by atoms with E-state index in [0.29, 0.717) is 23.4 Å². The highest BCUT2D eigenvalue weighted by Crippen LogP contribution is 2.14. The third-order valence-electron chi connectivity index (χ3n) is 2.88. The molecule has 0 aromatic heterocycles. The van der Waals surface area contributed by atoms with Crippen LogP contribution in [0.5, 0.6) is 0 Å². The summed E-state index contributed by atoms with van der Waals surface area (Å²) in [6.45, 7) is 0.352. The van der Waals surface area contributed by atoms with E-state index in [-0.39, 0.29) is 5.56 Å². The van der Waals surface area contributed by atoms with Crippen LogP contribution in [0.15, 0.2) is 48.5 Å². The fourth-order valence-electron chi connectivity index (χ4n) is 1.86. The molecule has 0 unspecified atom stereocenters. The molecular formula is C15H14N2O3. The molecule has 0 fully saturated rings. The molecule has 2 aromatic rings. The van der Waals surface area contributed by atoms with Crippen molar-refractivity contribution in [3.05, 3.63) is 65.2 Å². The Labute approximate surface area is 116 Å². The van der Waals surface area contributed by atoms with Gasteiger partial charge in [0.15, 0.2) is 0 Å². The summed E-state index contributed by atoms with van der Waals surface area (Å²) in [5.41, 5.74) is 7.25. The maximum atomic E-state index is 11.1. The molecule has 4 N–H and O–H groups in total. The van der Waals surface area contributed by atoms with Crippen molar-refractivity contribution < 1.29 is 14.7 Å². The number of hydrogen-bond donors (Lipinski definition) is 3. The summed E-state index contributed by atoms with van der Waals surface area (Å²) in [6, 6.07) is 13.5. The molecule has 0 saturated heterocycles. The van der Waals surface area contributed by atoms with E-state index in [4.69, 9.17) is 10.8 Å². The second kappa shape index (κ2) is 5.88. The van der Waals surface area contributed by atoms with Crippen molar-refractivity contribution in [1.29, 1.82) is 0 Å². The van der Waals surface area contributed by atoms with E-state index < -0.39 is 11.9 Å². The number of aromatic carboxylic acids is 1. The monoisotopic (exact) mass is 270 g/mol. The molecule has 0 bridgehead atoms. The van der Waals surface area contributed by atoms with Gasteiger partial charge in [-0.15, -0.1) is 0 Å². The molecule has 5 heteroatoms. The molecule has 1 amide bonds. The number of carbonyl (C=O) groups excluding carboxylic acids is 1. The van der Waals surface area contributed by atoms with Crippen molar-refractivity contribution in [3.63, 3.8) is 0 Å². The summed E-state index contributed by atoms with van der Waals surface area (Å²) in [7, 11) is 0. The Bertz CT molecular complexity index is 653. The van der Waals surface area contributed by atoms with Crippen LogP contribution in [0.2, 0.25) is 0 Å². The third kappa shape index (κ3) is 3.14. The fraction of sp³-hybridized carbons (Fsp3) is 0.0667. The Hall–Kier alpha value is -2.82. The van der Waals surface area contributed by atoms with Crippen molar-refractivity contribution in [2.24, 2.45) is 5.73 Å². The number of nitrogens with two attached hydrogens (primary N) is 1. The number of carboxylic acids is 1. The van der Waals surface area contributed by atoms with E-state index >= 15 is 0 Å². The van der Waals surface area contributed by atoms with E-state index in [1.165, 1.54) is 0 Å². The van der Waals surface area contributed by atoms with Gasteiger partial charge in [0.25, 0.3) is 0 Å². The van der Waals surface area contributed by atoms with Crippen molar-refractivity contribution in [3.8, 4) is 0 Å². The molecule has 20 heavy (non-hydrogen) atoms. The summed E-state index contributed by atoms with van der Waals surface area (Å²) >= 11 is 0. The molecule has 0 spiro atoms. The van der Waals surface area contributed by atoms with Crippen molar-refractivity contribution in [2.45, 2.75) is 6.54 Å². The van der Waals surface area contributed by atoms with Gasteiger partial charge in [0.1, 0.15) is 0 Å². The Morgan fingerprint density at radius 1 is 1.10 bits per heavy atom. The topological polar surface area (TPSA) is 92.4 Å². The van der Waals surface area contributed by atoms with Gasteiger partial charge in [0.05, 0.1) is 5.56 Å². The minimum absolute atomic E-state index is 0.256. The van der Waals surface area contributed by atoms with Crippen LogP contribution in [0.1, 0.15) is 26.3 Å². The Kier molecular flexibility index (Phi) is 4.00. The number of carbonyl (C=O) groups is 2. The number of carboxylic acid groups (broad SMARTS) is 1. The number of hydrogen-bond acceptors (Lipinski definition) is 3. The fourth-order valence-corrected chi connectivity index (χ4v) is 1.86. The predicted octanol–water partition coefficient (Wildman–Crippen LogP) is 2.10. The van der Waals surface area contributed by atoms with E-state index in [9.17, 15) is 9.59 Å². The minimum atomic E-state index is -0.965. The highest BCUT2D eigenvalue weighted by molar-refractivity contribution is 5.93. The van der Waals surface area contributed by atoms with Gasteiger partial charge >= 0.3 is 5.97 Å². The van der Waals surface area contributed by atoms with Crippen molar-refractivity contribution >= 4 is 17.6 Å². The van der Waals surface area contributed by atoms with E-state index in [2.05, 4.69) is 5.32 Å². The van der Waals surface area contributed by atoms with Crippen LogP contribution in [0.3, 0.4) is 0 Å². The average molecular weight is 270 g/mol.